The molecule has 5 nitrogen and oxygen atoms in total. The van der Waals surface area contributed by atoms with Crippen LogP contribution in [0.15, 0.2) is 0 Å². The van der Waals surface area contributed by atoms with Gasteiger partial charge in [-0.1, -0.05) is 0 Å². The van der Waals surface area contributed by atoms with E-state index in [0.717, 1.165) is 6.42 Å². The largest absolute Gasteiger partial charge is 0.481 e. The standard InChI is InChI=1S/C10H19NO4/c1-3-15-10(14)8(2)11-7-5-4-6-9(12)13/h8,11H,3-7H2,1-2H3,(H,12,13). The quantitative estimate of drug-likeness (QED) is 0.464. The third-order valence-corrected chi connectivity index (χ3v) is 1.91. The molecule has 1 unspecified atom stereocenters. The van der Waals surface area contributed by atoms with E-state index in [1.54, 1.807) is 13.8 Å². The highest BCUT2D eigenvalue weighted by molar-refractivity contribution is 5.75. The van der Waals surface area contributed by atoms with Gasteiger partial charge in [0.15, 0.2) is 0 Å². The lowest BCUT2D eigenvalue weighted by Crippen LogP contribution is -2.35. The molecule has 0 aliphatic heterocycles. The highest BCUT2D eigenvalue weighted by Gasteiger charge is 2.11. The molecular formula is C10H19NO4. The Balaban J connectivity index is 3.42. The molecule has 0 aromatic rings. The van der Waals surface area contributed by atoms with Gasteiger partial charge in [-0.3, -0.25) is 9.59 Å². The summed E-state index contributed by atoms with van der Waals surface area (Å²) in [5.41, 5.74) is 0. The first kappa shape index (κ1) is 13.9. The van der Waals surface area contributed by atoms with Gasteiger partial charge in [0.1, 0.15) is 6.04 Å². The van der Waals surface area contributed by atoms with Gasteiger partial charge in [0.05, 0.1) is 6.61 Å². The van der Waals surface area contributed by atoms with Gasteiger partial charge >= 0.3 is 11.9 Å². The molecule has 15 heavy (non-hydrogen) atoms. The number of ether oxygens (including phenoxy) is 1. The van der Waals surface area contributed by atoms with Gasteiger partial charge in [-0.15, -0.1) is 0 Å². The number of carboxylic acids is 1. The number of carbonyl (C=O) groups excluding carboxylic acids is 1. The number of unbranched alkanes of at least 4 members (excludes halogenated alkanes) is 1. The molecule has 88 valence electrons. The van der Waals surface area contributed by atoms with E-state index in [-0.39, 0.29) is 18.4 Å². The molecule has 0 fully saturated rings. The number of carbonyl (C=O) groups is 2. The van der Waals surface area contributed by atoms with Crippen LogP contribution in [0, 0.1) is 0 Å². The van der Waals surface area contributed by atoms with Gasteiger partial charge in [-0.05, 0) is 33.2 Å². The highest BCUT2D eigenvalue weighted by Crippen LogP contribution is 1.95. The van der Waals surface area contributed by atoms with E-state index in [1.165, 1.54) is 0 Å². The Morgan fingerprint density at radius 3 is 2.60 bits per heavy atom. The van der Waals surface area contributed by atoms with Gasteiger partial charge in [-0.2, -0.15) is 0 Å². The second-order valence-corrected chi connectivity index (χ2v) is 3.28. The van der Waals surface area contributed by atoms with Gasteiger partial charge in [0.2, 0.25) is 0 Å². The van der Waals surface area contributed by atoms with E-state index >= 15 is 0 Å². The van der Waals surface area contributed by atoms with Gasteiger partial charge < -0.3 is 15.2 Å². The van der Waals surface area contributed by atoms with Crippen molar-refractivity contribution in [1.82, 2.24) is 5.32 Å². The molecule has 0 aliphatic rings. The lowest BCUT2D eigenvalue weighted by atomic mass is 10.2. The summed E-state index contributed by atoms with van der Waals surface area (Å²) in [6.45, 7) is 4.50. The second kappa shape index (κ2) is 8.23. The number of hydrogen-bond acceptors (Lipinski definition) is 4. The van der Waals surface area contributed by atoms with E-state index in [1.807, 2.05) is 0 Å². The summed E-state index contributed by atoms with van der Waals surface area (Å²) in [7, 11) is 0. The first-order valence-corrected chi connectivity index (χ1v) is 5.19. The molecule has 0 amide bonds. The number of nitrogens with one attached hydrogen (secondary N) is 1. The normalized spacial score (nSPS) is 12.1. The summed E-state index contributed by atoms with van der Waals surface area (Å²) in [5, 5.41) is 11.4. The van der Waals surface area contributed by atoms with Crippen LogP contribution in [-0.4, -0.2) is 36.2 Å². The average Bonchev–Trinajstić information content (AvgIpc) is 2.16. The van der Waals surface area contributed by atoms with Crippen LogP contribution in [-0.2, 0) is 14.3 Å². The molecule has 0 aliphatic carbocycles. The summed E-state index contributed by atoms with van der Waals surface area (Å²) in [6.07, 6.45) is 1.55. The first-order valence-electron chi connectivity index (χ1n) is 5.19. The zero-order valence-electron chi connectivity index (χ0n) is 9.28. The highest BCUT2D eigenvalue weighted by atomic mass is 16.5. The lowest BCUT2D eigenvalue weighted by molar-refractivity contribution is -0.145. The Hall–Kier alpha value is -1.10. The fourth-order valence-corrected chi connectivity index (χ4v) is 1.07. The van der Waals surface area contributed by atoms with Crippen LogP contribution in [0.2, 0.25) is 0 Å². The van der Waals surface area contributed by atoms with Crippen molar-refractivity contribution in [2.75, 3.05) is 13.2 Å². The van der Waals surface area contributed by atoms with E-state index in [4.69, 9.17) is 9.84 Å². The fourth-order valence-electron chi connectivity index (χ4n) is 1.07. The second-order valence-electron chi connectivity index (χ2n) is 3.28. The van der Waals surface area contributed by atoms with Gasteiger partial charge in [-0.25, -0.2) is 0 Å². The molecule has 1 atom stereocenters. The third-order valence-electron chi connectivity index (χ3n) is 1.91. The van der Waals surface area contributed by atoms with Crippen molar-refractivity contribution in [2.24, 2.45) is 0 Å². The fraction of sp³-hybridized carbons (Fsp3) is 0.800. The summed E-state index contributed by atoms with van der Waals surface area (Å²) in [6, 6.07) is -0.324. The predicted molar refractivity (Wildman–Crippen MR) is 55.6 cm³/mol. The maximum absolute atomic E-state index is 11.1. The molecule has 0 aromatic carbocycles. The Kier molecular flexibility index (Phi) is 7.62. The summed E-state index contributed by atoms with van der Waals surface area (Å²) >= 11 is 0. The zero-order chi connectivity index (χ0) is 11.7. The number of aliphatic carboxylic acids is 1. The molecule has 0 aromatic heterocycles. The van der Waals surface area contributed by atoms with E-state index < -0.39 is 5.97 Å². The molecular weight excluding hydrogens is 198 g/mol. The van der Waals surface area contributed by atoms with Crippen LogP contribution in [0.1, 0.15) is 33.1 Å². The van der Waals surface area contributed by atoms with Crippen molar-refractivity contribution in [3.63, 3.8) is 0 Å². The summed E-state index contributed by atoms with van der Waals surface area (Å²) in [5.74, 6) is -1.05. The minimum atomic E-state index is -0.784. The van der Waals surface area contributed by atoms with Crippen molar-refractivity contribution in [1.29, 1.82) is 0 Å². The molecule has 0 radical (unpaired) electrons. The van der Waals surface area contributed by atoms with Crippen molar-refractivity contribution in [3.8, 4) is 0 Å². The van der Waals surface area contributed by atoms with Crippen molar-refractivity contribution < 1.29 is 19.4 Å². The summed E-state index contributed by atoms with van der Waals surface area (Å²) in [4.78, 5) is 21.3. The van der Waals surface area contributed by atoms with Gasteiger partial charge in [0, 0.05) is 6.42 Å². The van der Waals surface area contributed by atoms with Gasteiger partial charge in [0.25, 0.3) is 0 Å². The molecule has 0 saturated carbocycles. The molecule has 0 heterocycles. The minimum absolute atomic E-state index is 0.176. The Morgan fingerprint density at radius 2 is 2.07 bits per heavy atom. The molecule has 0 rings (SSSR count). The number of esters is 1. The van der Waals surface area contributed by atoms with Crippen LogP contribution in [0.25, 0.3) is 0 Å². The van der Waals surface area contributed by atoms with E-state index in [9.17, 15) is 9.59 Å². The van der Waals surface area contributed by atoms with Crippen molar-refractivity contribution >= 4 is 11.9 Å². The van der Waals surface area contributed by atoms with Crippen LogP contribution in [0.4, 0.5) is 0 Å². The molecule has 2 N–H and O–H groups in total. The Labute approximate surface area is 89.8 Å². The molecule has 0 spiro atoms. The molecule has 5 heteroatoms. The monoisotopic (exact) mass is 217 g/mol. The molecule has 0 bridgehead atoms. The zero-order valence-corrected chi connectivity index (χ0v) is 9.28. The summed E-state index contributed by atoms with van der Waals surface area (Å²) < 4.78 is 4.80. The SMILES string of the molecule is CCOC(=O)C(C)NCCCCC(=O)O. The maximum atomic E-state index is 11.1. The van der Waals surface area contributed by atoms with Crippen LogP contribution >= 0.6 is 0 Å². The number of rotatable bonds is 8. The Bertz CT molecular complexity index is 206. The van der Waals surface area contributed by atoms with E-state index in [2.05, 4.69) is 5.32 Å². The number of hydrogen-bond donors (Lipinski definition) is 2. The number of carboxylic acid groups (broad SMARTS) is 1. The average molecular weight is 217 g/mol. The first-order chi connectivity index (χ1) is 7.07. The maximum Gasteiger partial charge on any atom is 0.322 e. The predicted octanol–water partition coefficient (Wildman–Crippen LogP) is 0.782. The van der Waals surface area contributed by atoms with Crippen molar-refractivity contribution in [2.45, 2.75) is 39.2 Å². The van der Waals surface area contributed by atoms with Crippen LogP contribution < -0.4 is 5.32 Å². The lowest BCUT2D eigenvalue weighted by Gasteiger charge is -2.11. The minimum Gasteiger partial charge on any atom is -0.481 e. The van der Waals surface area contributed by atoms with Crippen LogP contribution in [0.5, 0.6) is 0 Å². The Morgan fingerprint density at radius 1 is 1.40 bits per heavy atom. The van der Waals surface area contributed by atoms with Crippen molar-refractivity contribution in [3.05, 3.63) is 0 Å². The molecule has 0 saturated heterocycles. The smallest absolute Gasteiger partial charge is 0.322 e. The topological polar surface area (TPSA) is 75.6 Å². The van der Waals surface area contributed by atoms with E-state index in [0.29, 0.717) is 19.6 Å². The third kappa shape index (κ3) is 7.93. The van der Waals surface area contributed by atoms with Crippen LogP contribution in [0.3, 0.4) is 0 Å².